The Balaban J connectivity index is 1.34. The Morgan fingerprint density at radius 1 is 0.444 bits per heavy atom. The highest BCUT2D eigenvalue weighted by Crippen LogP contribution is 2.37. The topological polar surface area (TPSA) is 3.24 Å². The molecule has 0 aliphatic heterocycles. The molecule has 5 aromatic rings. The fraction of sp³-hybridized carbons (Fsp3) is 0.0286. The molecule has 1 aliphatic carbocycles. The molecule has 172 valence electrons. The van der Waals surface area contributed by atoms with E-state index in [1.165, 1.54) is 27.8 Å². The number of rotatable bonds is 5. The van der Waals surface area contributed by atoms with Crippen LogP contribution in [0.5, 0.6) is 0 Å². The highest BCUT2D eigenvalue weighted by molar-refractivity contribution is 5.79. The summed E-state index contributed by atoms with van der Waals surface area (Å²) in [4.78, 5) is 2.29. The molecular weight excluding hydrogens is 434 g/mol. The molecule has 36 heavy (non-hydrogen) atoms. The van der Waals surface area contributed by atoms with Crippen molar-refractivity contribution in [3.8, 4) is 0 Å². The van der Waals surface area contributed by atoms with E-state index in [4.69, 9.17) is 0 Å². The van der Waals surface area contributed by atoms with Crippen LogP contribution < -0.4 is 4.90 Å². The van der Waals surface area contributed by atoms with Crippen LogP contribution in [-0.4, -0.2) is 0 Å². The van der Waals surface area contributed by atoms with Crippen LogP contribution in [-0.2, 0) is 0 Å². The molecule has 0 saturated heterocycles. The molecule has 1 aliphatic rings. The Morgan fingerprint density at radius 2 is 0.889 bits per heavy atom. The first-order valence-corrected chi connectivity index (χ1v) is 12.4. The van der Waals surface area contributed by atoms with Gasteiger partial charge in [0.2, 0.25) is 0 Å². The lowest BCUT2D eigenvalue weighted by Crippen LogP contribution is -2.09. The fourth-order valence-corrected chi connectivity index (χ4v) is 4.99. The number of fused-ring (bicyclic) bond motifs is 2. The van der Waals surface area contributed by atoms with E-state index < -0.39 is 0 Å². The predicted octanol–water partition coefficient (Wildman–Crippen LogP) is 9.49. The van der Waals surface area contributed by atoms with Crippen molar-refractivity contribution >= 4 is 35.3 Å². The Hall–Kier alpha value is -4.62. The maximum absolute atomic E-state index is 2.34. The summed E-state index contributed by atoms with van der Waals surface area (Å²) in [6.45, 7) is 0. The molecule has 0 atom stereocenters. The molecule has 0 amide bonds. The average Bonchev–Trinajstić information content (AvgIpc) is 3.11. The van der Waals surface area contributed by atoms with E-state index in [2.05, 4.69) is 163 Å². The van der Waals surface area contributed by atoms with Gasteiger partial charge in [-0.3, -0.25) is 0 Å². The Bertz CT molecular complexity index is 1420. The van der Waals surface area contributed by atoms with Crippen molar-refractivity contribution < 1.29 is 0 Å². The van der Waals surface area contributed by atoms with Gasteiger partial charge in [-0.25, -0.2) is 0 Å². The minimum absolute atomic E-state index is 0.206. The number of para-hydroxylation sites is 2. The van der Waals surface area contributed by atoms with Crippen molar-refractivity contribution in [3.63, 3.8) is 0 Å². The van der Waals surface area contributed by atoms with E-state index >= 15 is 0 Å². The number of hydrogen-bond donors (Lipinski definition) is 0. The zero-order valence-electron chi connectivity index (χ0n) is 20.0. The Morgan fingerprint density at radius 3 is 1.42 bits per heavy atom. The first kappa shape index (κ1) is 21.9. The minimum atomic E-state index is 0.206. The third-order valence-corrected chi connectivity index (χ3v) is 6.77. The second-order valence-electron chi connectivity index (χ2n) is 9.03. The first-order valence-electron chi connectivity index (χ1n) is 12.4. The van der Waals surface area contributed by atoms with Crippen LogP contribution in [0.15, 0.2) is 140 Å². The van der Waals surface area contributed by atoms with Crippen LogP contribution in [0.25, 0.3) is 18.2 Å². The van der Waals surface area contributed by atoms with Gasteiger partial charge in [0, 0.05) is 23.0 Å². The molecule has 5 aromatic carbocycles. The van der Waals surface area contributed by atoms with Crippen molar-refractivity contribution in [3.05, 3.63) is 167 Å². The lowest BCUT2D eigenvalue weighted by Gasteiger charge is -2.25. The molecule has 1 heteroatoms. The first-order chi connectivity index (χ1) is 17.9. The summed E-state index contributed by atoms with van der Waals surface area (Å²) in [5.41, 5.74) is 9.85. The van der Waals surface area contributed by atoms with Crippen LogP contribution in [0, 0.1) is 0 Å². The molecule has 0 bridgehead atoms. The van der Waals surface area contributed by atoms with E-state index in [-0.39, 0.29) is 5.92 Å². The molecule has 0 N–H and O–H groups in total. The summed E-state index contributed by atoms with van der Waals surface area (Å²) in [5.74, 6) is 0.206. The van der Waals surface area contributed by atoms with Gasteiger partial charge in [-0.1, -0.05) is 121 Å². The number of anilines is 3. The smallest absolute Gasteiger partial charge is 0.0462 e. The third kappa shape index (κ3) is 4.39. The van der Waals surface area contributed by atoms with Crippen molar-refractivity contribution in [2.45, 2.75) is 5.92 Å². The second kappa shape index (κ2) is 9.93. The Kier molecular flexibility index (Phi) is 6.04. The van der Waals surface area contributed by atoms with Crippen LogP contribution in [0.3, 0.4) is 0 Å². The summed E-state index contributed by atoms with van der Waals surface area (Å²) in [7, 11) is 0. The molecule has 0 heterocycles. The van der Waals surface area contributed by atoms with Crippen molar-refractivity contribution in [2.24, 2.45) is 0 Å². The number of hydrogen-bond acceptors (Lipinski definition) is 1. The van der Waals surface area contributed by atoms with E-state index in [0.717, 1.165) is 17.1 Å². The zero-order chi connectivity index (χ0) is 24.2. The minimum Gasteiger partial charge on any atom is -0.311 e. The third-order valence-electron chi connectivity index (χ3n) is 6.77. The van der Waals surface area contributed by atoms with Crippen molar-refractivity contribution in [2.75, 3.05) is 4.90 Å². The molecule has 0 unspecified atom stereocenters. The predicted molar refractivity (Wildman–Crippen MR) is 154 cm³/mol. The molecular formula is C35H27N. The highest BCUT2D eigenvalue weighted by Gasteiger charge is 2.18. The molecule has 0 radical (unpaired) electrons. The lowest BCUT2D eigenvalue weighted by molar-refractivity contribution is 1.03. The molecule has 0 aromatic heterocycles. The van der Waals surface area contributed by atoms with Gasteiger partial charge in [0.05, 0.1) is 0 Å². The van der Waals surface area contributed by atoms with Gasteiger partial charge in [-0.05, 0) is 64.2 Å². The van der Waals surface area contributed by atoms with Gasteiger partial charge in [-0.15, -0.1) is 0 Å². The average molecular weight is 462 g/mol. The van der Waals surface area contributed by atoms with Gasteiger partial charge in [0.15, 0.2) is 0 Å². The van der Waals surface area contributed by atoms with Crippen molar-refractivity contribution in [1.82, 2.24) is 0 Å². The van der Waals surface area contributed by atoms with Gasteiger partial charge < -0.3 is 4.90 Å². The standard InChI is InChI=1S/C35H27N/c1-3-13-30(14-4-1)36(31-15-5-2-6-16-31)32-24-19-27(20-25-32)21-26-35-33-17-9-7-11-28(33)22-23-29-12-8-10-18-34(29)35/h1-26,35H/b26-21+. The van der Waals surface area contributed by atoms with E-state index in [9.17, 15) is 0 Å². The maximum atomic E-state index is 2.34. The molecule has 6 rings (SSSR count). The molecule has 0 saturated carbocycles. The van der Waals surface area contributed by atoms with Crippen LogP contribution in [0.2, 0.25) is 0 Å². The number of allylic oxidation sites excluding steroid dienone is 1. The summed E-state index contributed by atoms with van der Waals surface area (Å²) in [6, 6.07) is 47.3. The van der Waals surface area contributed by atoms with Gasteiger partial charge >= 0.3 is 0 Å². The van der Waals surface area contributed by atoms with Gasteiger partial charge in [-0.2, -0.15) is 0 Å². The zero-order valence-corrected chi connectivity index (χ0v) is 20.0. The summed E-state index contributed by atoms with van der Waals surface area (Å²) < 4.78 is 0. The van der Waals surface area contributed by atoms with E-state index in [1.54, 1.807) is 0 Å². The monoisotopic (exact) mass is 461 g/mol. The van der Waals surface area contributed by atoms with Crippen molar-refractivity contribution in [1.29, 1.82) is 0 Å². The van der Waals surface area contributed by atoms with Crippen LogP contribution >= 0.6 is 0 Å². The molecule has 0 fully saturated rings. The summed E-state index contributed by atoms with van der Waals surface area (Å²) >= 11 is 0. The fourth-order valence-electron chi connectivity index (χ4n) is 4.99. The van der Waals surface area contributed by atoms with Gasteiger partial charge in [0.25, 0.3) is 0 Å². The van der Waals surface area contributed by atoms with E-state index in [1.807, 2.05) is 0 Å². The number of nitrogens with zero attached hydrogens (tertiary/aromatic N) is 1. The highest BCUT2D eigenvalue weighted by atomic mass is 15.1. The quantitative estimate of drug-likeness (QED) is 0.252. The number of benzene rings is 5. The van der Waals surface area contributed by atoms with Crippen LogP contribution in [0.1, 0.15) is 33.7 Å². The molecule has 1 nitrogen and oxygen atoms in total. The summed E-state index contributed by atoms with van der Waals surface area (Å²) in [5, 5.41) is 0. The SMILES string of the molecule is C1=Cc2ccccc2C(/C=C/c2ccc(N(c3ccccc3)c3ccccc3)cc2)c2ccccc21. The van der Waals surface area contributed by atoms with E-state index in [0.29, 0.717) is 0 Å². The maximum Gasteiger partial charge on any atom is 0.0462 e. The summed E-state index contributed by atoms with van der Waals surface area (Å²) in [6.07, 6.45) is 9.06. The normalized spacial score (nSPS) is 12.7. The molecule has 0 spiro atoms. The second-order valence-corrected chi connectivity index (χ2v) is 9.03. The largest absolute Gasteiger partial charge is 0.311 e. The Labute approximate surface area is 213 Å². The van der Waals surface area contributed by atoms with Crippen LogP contribution in [0.4, 0.5) is 17.1 Å². The van der Waals surface area contributed by atoms with Gasteiger partial charge in [0.1, 0.15) is 0 Å². The lowest BCUT2D eigenvalue weighted by atomic mass is 9.87.